The number of hydrogen-bond donors (Lipinski definition) is 1. The molecule has 0 bridgehead atoms. The minimum atomic E-state index is -4.30. The maximum Gasteiger partial charge on any atom is 0.412 e. The van der Waals surface area contributed by atoms with Crippen molar-refractivity contribution in [2.75, 3.05) is 0 Å². The maximum atomic E-state index is 12.8. The molecule has 1 aliphatic rings. The van der Waals surface area contributed by atoms with E-state index in [-0.39, 0.29) is 24.2 Å². The van der Waals surface area contributed by atoms with Gasteiger partial charge in [0.2, 0.25) is 5.91 Å². The van der Waals surface area contributed by atoms with Crippen LogP contribution in [0, 0.1) is 11.8 Å². The molecule has 2 nitrogen and oxygen atoms in total. The average molecular weight is 249 g/mol. The molecule has 0 aromatic rings. The van der Waals surface area contributed by atoms with Gasteiger partial charge in [0.1, 0.15) is 0 Å². The first-order chi connectivity index (χ1) is 7.70. The van der Waals surface area contributed by atoms with Crippen LogP contribution >= 0.6 is 0 Å². The van der Waals surface area contributed by atoms with Crippen LogP contribution in [0.25, 0.3) is 0 Å². The van der Waals surface area contributed by atoms with Crippen LogP contribution in [-0.4, -0.2) is 18.1 Å². The summed E-state index contributed by atoms with van der Waals surface area (Å²) in [7, 11) is 0. The van der Waals surface area contributed by atoms with Crippen molar-refractivity contribution in [3.05, 3.63) is 11.6 Å². The predicted octanol–water partition coefficient (Wildman–Crippen LogP) is 3.05. The van der Waals surface area contributed by atoms with Crippen molar-refractivity contribution in [2.45, 2.75) is 45.8 Å². The quantitative estimate of drug-likeness (QED) is 0.711. The normalized spacial score (nSPS) is 30.5. The second-order valence-electron chi connectivity index (χ2n) is 4.89. The first-order valence-corrected chi connectivity index (χ1v) is 5.75. The monoisotopic (exact) mass is 249 g/mol. The molecule has 0 aromatic carbocycles. The largest absolute Gasteiger partial charge is 0.412 e. The maximum absolute atomic E-state index is 12.8. The van der Waals surface area contributed by atoms with E-state index < -0.39 is 17.8 Å². The van der Waals surface area contributed by atoms with Gasteiger partial charge in [0.25, 0.3) is 0 Å². The fourth-order valence-electron chi connectivity index (χ4n) is 2.13. The summed E-state index contributed by atoms with van der Waals surface area (Å²) in [5, 5.41) is 2.56. The van der Waals surface area contributed by atoms with Crippen molar-refractivity contribution in [2.24, 2.45) is 11.8 Å². The smallest absolute Gasteiger partial charge is 0.350 e. The van der Waals surface area contributed by atoms with Gasteiger partial charge in [-0.15, -0.1) is 0 Å². The molecule has 1 aliphatic carbocycles. The molecule has 0 fully saturated rings. The second-order valence-corrected chi connectivity index (χ2v) is 4.89. The van der Waals surface area contributed by atoms with Gasteiger partial charge in [-0.05, 0) is 24.7 Å². The minimum absolute atomic E-state index is 0.0263. The van der Waals surface area contributed by atoms with E-state index in [1.165, 1.54) is 13.0 Å². The molecule has 3 atom stereocenters. The highest BCUT2D eigenvalue weighted by Crippen LogP contribution is 2.36. The van der Waals surface area contributed by atoms with Crippen LogP contribution in [0.2, 0.25) is 0 Å². The number of carbonyl (C=O) groups is 1. The highest BCUT2D eigenvalue weighted by Gasteiger charge is 2.37. The minimum Gasteiger partial charge on any atom is -0.350 e. The van der Waals surface area contributed by atoms with Crippen LogP contribution in [0.5, 0.6) is 0 Å². The fourth-order valence-corrected chi connectivity index (χ4v) is 2.13. The number of amides is 1. The highest BCUT2D eigenvalue weighted by atomic mass is 19.4. The summed E-state index contributed by atoms with van der Waals surface area (Å²) < 4.78 is 38.3. The number of alkyl halides is 3. The second kappa shape index (κ2) is 5.10. The first kappa shape index (κ1) is 14.1. The van der Waals surface area contributed by atoms with Crippen LogP contribution in [-0.2, 0) is 4.79 Å². The number of allylic oxidation sites excluding steroid dienone is 1. The van der Waals surface area contributed by atoms with Crippen molar-refractivity contribution in [1.29, 1.82) is 0 Å². The Morgan fingerprint density at radius 2 is 1.94 bits per heavy atom. The zero-order valence-electron chi connectivity index (χ0n) is 10.3. The van der Waals surface area contributed by atoms with Gasteiger partial charge in [0, 0.05) is 18.5 Å². The molecule has 0 aromatic heterocycles. The lowest BCUT2D eigenvalue weighted by atomic mass is 9.89. The van der Waals surface area contributed by atoms with Gasteiger partial charge >= 0.3 is 6.18 Å². The Morgan fingerprint density at radius 3 is 2.41 bits per heavy atom. The van der Waals surface area contributed by atoms with Crippen molar-refractivity contribution in [1.82, 2.24) is 5.32 Å². The third-order valence-electron chi connectivity index (χ3n) is 3.29. The first-order valence-electron chi connectivity index (χ1n) is 5.75. The molecule has 1 rings (SSSR count). The van der Waals surface area contributed by atoms with Gasteiger partial charge < -0.3 is 5.32 Å². The van der Waals surface area contributed by atoms with Crippen molar-refractivity contribution >= 4 is 5.91 Å². The Morgan fingerprint density at radius 1 is 1.35 bits per heavy atom. The topological polar surface area (TPSA) is 29.1 Å². The lowest BCUT2D eigenvalue weighted by molar-refractivity contribution is -0.119. The molecule has 0 saturated heterocycles. The molecular weight excluding hydrogens is 231 g/mol. The van der Waals surface area contributed by atoms with Crippen molar-refractivity contribution in [3.63, 3.8) is 0 Å². The molecule has 5 heteroatoms. The summed E-state index contributed by atoms with van der Waals surface area (Å²) in [5.41, 5.74) is -0.520. The zero-order chi connectivity index (χ0) is 13.2. The molecule has 1 N–H and O–H groups in total. The molecule has 0 spiro atoms. The molecular formula is C12H18F3NO. The summed E-state index contributed by atoms with van der Waals surface area (Å²) in [5.74, 6) is -0.167. The number of carbonyl (C=O) groups excluding carboxylic acids is 1. The number of hydrogen-bond acceptors (Lipinski definition) is 1. The van der Waals surface area contributed by atoms with Gasteiger partial charge in [-0.2, -0.15) is 13.2 Å². The van der Waals surface area contributed by atoms with Gasteiger partial charge in [0.05, 0.1) is 0 Å². The molecule has 0 saturated carbocycles. The Balaban J connectivity index is 2.93. The molecule has 0 radical (unpaired) electrons. The van der Waals surface area contributed by atoms with Crippen LogP contribution in [0.3, 0.4) is 0 Å². The Bertz CT molecular complexity index is 322. The third-order valence-corrected chi connectivity index (χ3v) is 3.29. The van der Waals surface area contributed by atoms with E-state index in [1.807, 2.05) is 13.8 Å². The summed E-state index contributed by atoms with van der Waals surface area (Å²) in [4.78, 5) is 10.9. The van der Waals surface area contributed by atoms with Gasteiger partial charge in [-0.25, -0.2) is 0 Å². The highest BCUT2D eigenvalue weighted by molar-refractivity contribution is 5.73. The van der Waals surface area contributed by atoms with Gasteiger partial charge in [-0.3, -0.25) is 4.79 Å². The lowest BCUT2D eigenvalue weighted by Gasteiger charge is -2.20. The third kappa shape index (κ3) is 4.06. The van der Waals surface area contributed by atoms with E-state index in [1.54, 1.807) is 0 Å². The summed E-state index contributed by atoms with van der Waals surface area (Å²) in [6, 6.07) is -0.510. The number of halogens is 3. The van der Waals surface area contributed by atoms with E-state index in [0.717, 1.165) is 0 Å². The van der Waals surface area contributed by atoms with E-state index in [9.17, 15) is 18.0 Å². The Kier molecular flexibility index (Phi) is 4.22. The average Bonchev–Trinajstić information content (AvgIpc) is 2.25. The van der Waals surface area contributed by atoms with Crippen LogP contribution in [0.1, 0.15) is 33.6 Å². The standard InChI is InChI=1S/C12H18F3NO/c1-7-4-10(12(13,14)15)6-11(5-8(7)2)16-9(3)17/h6-8,11H,4-5H2,1-3H3,(H,16,17)/t7?,8-,11?/m1/s1. The molecule has 0 aliphatic heterocycles. The van der Waals surface area contributed by atoms with E-state index in [4.69, 9.17) is 0 Å². The van der Waals surface area contributed by atoms with Gasteiger partial charge in [0.15, 0.2) is 0 Å². The molecule has 1 amide bonds. The van der Waals surface area contributed by atoms with E-state index in [0.29, 0.717) is 6.42 Å². The van der Waals surface area contributed by atoms with Gasteiger partial charge in [-0.1, -0.05) is 19.9 Å². The number of nitrogens with one attached hydrogen (secondary N) is 1. The zero-order valence-corrected chi connectivity index (χ0v) is 10.3. The molecule has 17 heavy (non-hydrogen) atoms. The molecule has 98 valence electrons. The molecule has 0 heterocycles. The molecule has 2 unspecified atom stereocenters. The van der Waals surface area contributed by atoms with E-state index >= 15 is 0 Å². The summed E-state index contributed by atoms with van der Waals surface area (Å²) in [6.07, 6.45) is -2.54. The number of rotatable bonds is 1. The summed E-state index contributed by atoms with van der Waals surface area (Å²) in [6.45, 7) is 5.06. The Hall–Kier alpha value is -1.00. The van der Waals surface area contributed by atoms with Crippen LogP contribution in [0.4, 0.5) is 13.2 Å². The van der Waals surface area contributed by atoms with Crippen molar-refractivity contribution in [3.8, 4) is 0 Å². The fraction of sp³-hybridized carbons (Fsp3) is 0.750. The van der Waals surface area contributed by atoms with E-state index in [2.05, 4.69) is 5.32 Å². The van der Waals surface area contributed by atoms with Crippen LogP contribution < -0.4 is 5.32 Å². The SMILES string of the molecule is CC(=O)NC1C=C(C(F)(F)F)CC(C)[C@H](C)C1. The Labute approximate surface area is 99.3 Å². The summed E-state index contributed by atoms with van der Waals surface area (Å²) >= 11 is 0. The van der Waals surface area contributed by atoms with Crippen molar-refractivity contribution < 1.29 is 18.0 Å². The predicted molar refractivity (Wildman–Crippen MR) is 59.3 cm³/mol. The van der Waals surface area contributed by atoms with Crippen LogP contribution in [0.15, 0.2) is 11.6 Å². The lowest BCUT2D eigenvalue weighted by Crippen LogP contribution is -2.33.